The van der Waals surface area contributed by atoms with E-state index >= 15 is 0 Å². The molecule has 0 radical (unpaired) electrons. The normalized spacial score (nSPS) is 35.3. The molecule has 1 aromatic carbocycles. The maximum atomic E-state index is 9.93. The molecule has 1 N–H and O–H groups in total. The predicted octanol–water partition coefficient (Wildman–Crippen LogP) is 1.68. The molecule has 3 unspecified atom stereocenters. The van der Waals surface area contributed by atoms with E-state index in [0.29, 0.717) is 12.8 Å². The summed E-state index contributed by atoms with van der Waals surface area (Å²) in [4.78, 5) is 2.36. The molecule has 4 rings (SSSR count). The van der Waals surface area contributed by atoms with E-state index in [0.717, 1.165) is 30.9 Å². The number of aliphatic hydroxyl groups is 1. The average molecular weight is 273 g/mol. The second kappa shape index (κ2) is 4.24. The van der Waals surface area contributed by atoms with Gasteiger partial charge in [0.1, 0.15) is 0 Å². The van der Waals surface area contributed by atoms with Gasteiger partial charge in [-0.3, -0.25) is 0 Å². The van der Waals surface area contributed by atoms with Crippen molar-refractivity contribution in [3.63, 3.8) is 0 Å². The highest BCUT2D eigenvalue weighted by Gasteiger charge is 2.48. The molecule has 0 saturated carbocycles. The van der Waals surface area contributed by atoms with Crippen LogP contribution in [0.1, 0.15) is 18.4 Å². The summed E-state index contributed by atoms with van der Waals surface area (Å²) >= 11 is 0. The van der Waals surface area contributed by atoms with Crippen LogP contribution in [0.2, 0.25) is 0 Å². The fourth-order valence-corrected chi connectivity index (χ4v) is 3.87. The van der Waals surface area contributed by atoms with Gasteiger partial charge in [-0.1, -0.05) is 18.2 Å². The van der Waals surface area contributed by atoms with Crippen molar-refractivity contribution < 1.29 is 14.6 Å². The maximum absolute atomic E-state index is 9.93. The smallest absolute Gasteiger partial charge is 0.231 e. The fourth-order valence-electron chi connectivity index (χ4n) is 3.87. The minimum absolute atomic E-state index is 0.00500. The van der Waals surface area contributed by atoms with Crippen LogP contribution in [-0.2, 0) is 5.41 Å². The fraction of sp³-hybridized carbons (Fsp3) is 0.500. The first kappa shape index (κ1) is 12.2. The minimum Gasteiger partial charge on any atom is -0.454 e. The Bertz CT molecular complexity index is 571. The molecule has 0 bridgehead atoms. The number of likely N-dealkylation sites (N-methyl/N-ethyl adjacent to an activating group) is 1. The van der Waals surface area contributed by atoms with Crippen molar-refractivity contribution in [1.29, 1.82) is 0 Å². The molecule has 3 aliphatic rings. The molecule has 0 spiro atoms. The van der Waals surface area contributed by atoms with Crippen LogP contribution >= 0.6 is 0 Å². The van der Waals surface area contributed by atoms with Crippen LogP contribution < -0.4 is 9.47 Å². The van der Waals surface area contributed by atoms with E-state index in [-0.39, 0.29) is 11.5 Å². The Morgan fingerprint density at radius 2 is 2.15 bits per heavy atom. The van der Waals surface area contributed by atoms with E-state index in [1.807, 2.05) is 12.1 Å². The van der Waals surface area contributed by atoms with Crippen molar-refractivity contribution in [1.82, 2.24) is 4.90 Å². The molecule has 2 aliphatic heterocycles. The third kappa shape index (κ3) is 1.61. The molecular weight excluding hydrogens is 254 g/mol. The molecule has 1 aromatic rings. The van der Waals surface area contributed by atoms with Crippen molar-refractivity contribution in [3.05, 3.63) is 35.9 Å². The molecule has 4 nitrogen and oxygen atoms in total. The van der Waals surface area contributed by atoms with E-state index in [2.05, 4.69) is 30.2 Å². The zero-order valence-corrected chi connectivity index (χ0v) is 11.6. The Labute approximate surface area is 118 Å². The summed E-state index contributed by atoms with van der Waals surface area (Å²) in [6.45, 7) is 1.36. The Hall–Kier alpha value is -1.52. The van der Waals surface area contributed by atoms with Crippen molar-refractivity contribution in [2.24, 2.45) is 0 Å². The molecule has 2 heterocycles. The van der Waals surface area contributed by atoms with Gasteiger partial charge in [0, 0.05) is 11.5 Å². The first-order valence-electron chi connectivity index (χ1n) is 7.17. The molecule has 1 fully saturated rings. The lowest BCUT2D eigenvalue weighted by molar-refractivity contribution is 0.137. The van der Waals surface area contributed by atoms with Crippen LogP contribution in [0.25, 0.3) is 0 Å². The van der Waals surface area contributed by atoms with Gasteiger partial charge in [-0.25, -0.2) is 0 Å². The quantitative estimate of drug-likeness (QED) is 0.791. The van der Waals surface area contributed by atoms with E-state index in [9.17, 15) is 5.11 Å². The summed E-state index contributed by atoms with van der Waals surface area (Å²) < 4.78 is 10.9. The summed E-state index contributed by atoms with van der Waals surface area (Å²) in [6, 6.07) is 6.60. The molecule has 4 heteroatoms. The number of aliphatic hydroxyl groups excluding tert-OH is 1. The Balaban J connectivity index is 1.80. The summed E-state index contributed by atoms with van der Waals surface area (Å²) in [6.07, 6.45) is 5.69. The molecule has 1 aliphatic carbocycles. The highest BCUT2D eigenvalue weighted by atomic mass is 16.7. The molecular formula is C16H19NO3. The lowest BCUT2D eigenvalue weighted by Gasteiger charge is -2.39. The standard InChI is InChI=1S/C16H19NO3/c1-17-7-6-16(5-4-12(18)9-15(16)17)11-2-3-13-14(8-11)20-10-19-13/h2-5,8,12,15,18H,6-7,9-10H2,1H3. The predicted molar refractivity (Wildman–Crippen MR) is 75.0 cm³/mol. The number of fused-ring (bicyclic) bond motifs is 2. The second-order valence-corrected chi connectivity index (χ2v) is 6.02. The highest BCUT2D eigenvalue weighted by molar-refractivity contribution is 5.49. The molecule has 0 aromatic heterocycles. The SMILES string of the molecule is CN1CCC2(c3ccc4c(c3)OCO4)C=CC(O)CC12. The van der Waals surface area contributed by atoms with Gasteiger partial charge in [0.2, 0.25) is 6.79 Å². The molecule has 20 heavy (non-hydrogen) atoms. The number of benzene rings is 1. The average Bonchev–Trinajstić information content (AvgIpc) is 3.04. The summed E-state index contributed by atoms with van der Waals surface area (Å²) in [5.41, 5.74) is 1.26. The number of rotatable bonds is 1. The van der Waals surface area contributed by atoms with Crippen LogP contribution in [0.15, 0.2) is 30.4 Å². The third-order valence-electron chi connectivity index (χ3n) is 5.00. The monoisotopic (exact) mass is 273 g/mol. The topological polar surface area (TPSA) is 41.9 Å². The first-order valence-corrected chi connectivity index (χ1v) is 7.17. The Morgan fingerprint density at radius 3 is 3.05 bits per heavy atom. The maximum Gasteiger partial charge on any atom is 0.231 e. The van der Waals surface area contributed by atoms with Crippen LogP contribution in [0.3, 0.4) is 0 Å². The molecule has 3 atom stereocenters. The van der Waals surface area contributed by atoms with Gasteiger partial charge in [-0.2, -0.15) is 0 Å². The Morgan fingerprint density at radius 1 is 1.30 bits per heavy atom. The number of likely N-dealkylation sites (tertiary alicyclic amines) is 1. The van der Waals surface area contributed by atoms with Crippen molar-refractivity contribution >= 4 is 0 Å². The minimum atomic E-state index is -0.331. The van der Waals surface area contributed by atoms with E-state index in [1.54, 1.807) is 0 Å². The van der Waals surface area contributed by atoms with E-state index in [1.165, 1.54) is 5.56 Å². The second-order valence-electron chi connectivity index (χ2n) is 6.02. The molecule has 0 amide bonds. The van der Waals surface area contributed by atoms with Crippen molar-refractivity contribution in [2.75, 3.05) is 20.4 Å². The van der Waals surface area contributed by atoms with Gasteiger partial charge in [0.15, 0.2) is 11.5 Å². The van der Waals surface area contributed by atoms with Crippen LogP contribution in [0.4, 0.5) is 0 Å². The largest absolute Gasteiger partial charge is 0.454 e. The van der Waals surface area contributed by atoms with Crippen molar-refractivity contribution in [3.8, 4) is 11.5 Å². The van der Waals surface area contributed by atoms with Gasteiger partial charge in [0.05, 0.1) is 6.10 Å². The first-order chi connectivity index (χ1) is 9.69. The zero-order chi connectivity index (χ0) is 13.7. The van der Waals surface area contributed by atoms with Crippen LogP contribution in [-0.4, -0.2) is 42.5 Å². The zero-order valence-electron chi connectivity index (χ0n) is 11.6. The van der Waals surface area contributed by atoms with Gasteiger partial charge in [0.25, 0.3) is 0 Å². The lowest BCUT2D eigenvalue weighted by atomic mass is 9.69. The van der Waals surface area contributed by atoms with E-state index in [4.69, 9.17) is 9.47 Å². The van der Waals surface area contributed by atoms with Gasteiger partial charge in [-0.15, -0.1) is 0 Å². The number of hydrogen-bond acceptors (Lipinski definition) is 4. The summed E-state index contributed by atoms with van der Waals surface area (Å²) in [5, 5.41) is 9.93. The lowest BCUT2D eigenvalue weighted by Crippen LogP contribution is -2.44. The Kier molecular flexibility index (Phi) is 2.59. The van der Waals surface area contributed by atoms with Crippen LogP contribution in [0, 0.1) is 0 Å². The summed E-state index contributed by atoms with van der Waals surface area (Å²) in [7, 11) is 2.14. The number of hydrogen-bond donors (Lipinski definition) is 1. The van der Waals surface area contributed by atoms with Gasteiger partial charge >= 0.3 is 0 Å². The highest BCUT2D eigenvalue weighted by Crippen LogP contribution is 2.47. The van der Waals surface area contributed by atoms with E-state index < -0.39 is 0 Å². The van der Waals surface area contributed by atoms with Gasteiger partial charge in [-0.05, 0) is 44.1 Å². The number of nitrogens with zero attached hydrogens (tertiary/aromatic N) is 1. The van der Waals surface area contributed by atoms with Gasteiger partial charge < -0.3 is 19.5 Å². The van der Waals surface area contributed by atoms with Crippen LogP contribution in [0.5, 0.6) is 11.5 Å². The molecule has 1 saturated heterocycles. The third-order valence-corrected chi connectivity index (χ3v) is 5.00. The van der Waals surface area contributed by atoms with Crippen molar-refractivity contribution in [2.45, 2.75) is 30.4 Å². The summed E-state index contributed by atoms with van der Waals surface area (Å²) in [5.74, 6) is 1.66. The molecule has 106 valence electrons. The number of ether oxygens (including phenoxy) is 2.